The molecule has 2 rings (SSSR count). The number of nitrogens with one attached hydrogen (secondary N) is 1. The van der Waals surface area contributed by atoms with Gasteiger partial charge in [-0.25, -0.2) is 17.5 Å². The molecular formula is C11H13BrFNO2S. The lowest BCUT2D eigenvalue weighted by Crippen LogP contribution is -2.26. The minimum absolute atomic E-state index is 0.0761. The summed E-state index contributed by atoms with van der Waals surface area (Å²) in [6.07, 6.45) is 1.06. The van der Waals surface area contributed by atoms with E-state index in [0.717, 1.165) is 18.6 Å². The van der Waals surface area contributed by atoms with Crippen LogP contribution in [0.5, 0.6) is 0 Å². The fourth-order valence-electron chi connectivity index (χ4n) is 1.67. The summed E-state index contributed by atoms with van der Waals surface area (Å²) in [5, 5.41) is 0. The van der Waals surface area contributed by atoms with E-state index in [1.54, 1.807) is 0 Å². The molecule has 0 aromatic heterocycles. The summed E-state index contributed by atoms with van der Waals surface area (Å²) in [6, 6.07) is 3.55. The van der Waals surface area contributed by atoms with E-state index in [9.17, 15) is 12.8 Å². The van der Waals surface area contributed by atoms with E-state index in [-0.39, 0.29) is 9.37 Å². The van der Waals surface area contributed by atoms with Crippen molar-refractivity contribution in [2.75, 3.05) is 6.54 Å². The predicted octanol–water partition coefficient (Wildman–Crippen LogP) is 2.52. The molecule has 1 saturated carbocycles. The van der Waals surface area contributed by atoms with Crippen LogP contribution < -0.4 is 4.72 Å². The van der Waals surface area contributed by atoms with Gasteiger partial charge in [0.05, 0.1) is 4.90 Å². The minimum Gasteiger partial charge on any atom is -0.211 e. The molecule has 2 atom stereocenters. The van der Waals surface area contributed by atoms with Crippen molar-refractivity contribution in [1.82, 2.24) is 4.72 Å². The van der Waals surface area contributed by atoms with Crippen LogP contribution >= 0.6 is 15.9 Å². The summed E-state index contributed by atoms with van der Waals surface area (Å²) in [5.41, 5.74) is 0. The van der Waals surface area contributed by atoms with E-state index >= 15 is 0 Å². The van der Waals surface area contributed by atoms with E-state index in [4.69, 9.17) is 0 Å². The summed E-state index contributed by atoms with van der Waals surface area (Å²) in [4.78, 5) is 0.0761. The third-order valence-corrected chi connectivity index (χ3v) is 5.40. The second-order valence-corrected chi connectivity index (χ2v) is 6.99. The number of rotatable bonds is 4. The van der Waals surface area contributed by atoms with Crippen LogP contribution in [0.1, 0.15) is 13.3 Å². The Morgan fingerprint density at radius 3 is 2.71 bits per heavy atom. The topological polar surface area (TPSA) is 46.2 Å². The first-order valence-corrected chi connectivity index (χ1v) is 7.62. The molecule has 0 radical (unpaired) electrons. The lowest BCUT2D eigenvalue weighted by atomic mass is 10.3. The second kappa shape index (κ2) is 4.66. The molecule has 1 aromatic rings. The molecule has 0 spiro atoms. The van der Waals surface area contributed by atoms with Gasteiger partial charge in [-0.2, -0.15) is 0 Å². The van der Waals surface area contributed by atoms with E-state index < -0.39 is 15.8 Å². The monoisotopic (exact) mass is 321 g/mol. The van der Waals surface area contributed by atoms with Gasteiger partial charge in [-0.1, -0.05) is 6.92 Å². The summed E-state index contributed by atoms with van der Waals surface area (Å²) < 4.78 is 39.5. The van der Waals surface area contributed by atoms with Gasteiger partial charge in [-0.05, 0) is 52.4 Å². The summed E-state index contributed by atoms with van der Waals surface area (Å²) >= 11 is 3.06. The highest BCUT2D eigenvalue weighted by molar-refractivity contribution is 9.10. The van der Waals surface area contributed by atoms with Gasteiger partial charge in [0.1, 0.15) is 5.82 Å². The van der Waals surface area contributed by atoms with Gasteiger partial charge in [-0.3, -0.25) is 0 Å². The van der Waals surface area contributed by atoms with E-state index in [1.807, 2.05) is 0 Å². The molecule has 1 fully saturated rings. The van der Waals surface area contributed by atoms with Gasteiger partial charge in [0, 0.05) is 11.0 Å². The smallest absolute Gasteiger partial charge is 0.211 e. The molecule has 17 heavy (non-hydrogen) atoms. The lowest BCUT2D eigenvalue weighted by molar-refractivity contribution is 0.573. The predicted molar refractivity (Wildman–Crippen MR) is 66.6 cm³/mol. The SMILES string of the molecule is CC1CC1CNS(=O)(=O)c1ccc(F)cc1Br. The van der Waals surface area contributed by atoms with Crippen molar-refractivity contribution in [3.05, 3.63) is 28.5 Å². The van der Waals surface area contributed by atoms with Crippen molar-refractivity contribution in [3.63, 3.8) is 0 Å². The largest absolute Gasteiger partial charge is 0.241 e. The number of benzene rings is 1. The average Bonchev–Trinajstić information content (AvgIpc) is 2.91. The lowest BCUT2D eigenvalue weighted by Gasteiger charge is -2.08. The number of sulfonamides is 1. The molecule has 2 unspecified atom stereocenters. The average molecular weight is 322 g/mol. The molecule has 0 aliphatic heterocycles. The summed E-state index contributed by atoms with van der Waals surface area (Å²) in [7, 11) is -3.55. The van der Waals surface area contributed by atoms with Gasteiger partial charge in [0.15, 0.2) is 0 Å². The Labute approximate surface area is 109 Å². The molecular weight excluding hydrogens is 309 g/mol. The van der Waals surface area contributed by atoms with Crippen LogP contribution in [0.15, 0.2) is 27.6 Å². The van der Waals surface area contributed by atoms with E-state index in [1.165, 1.54) is 6.07 Å². The fourth-order valence-corrected chi connectivity index (χ4v) is 3.81. The Hall–Kier alpha value is -0.460. The zero-order chi connectivity index (χ0) is 12.6. The molecule has 0 heterocycles. The number of hydrogen-bond acceptors (Lipinski definition) is 2. The molecule has 1 aromatic carbocycles. The standard InChI is InChI=1S/C11H13BrFNO2S/c1-7-4-8(7)6-14-17(15,16)11-3-2-9(13)5-10(11)12/h2-3,5,7-8,14H,4,6H2,1H3. The first-order chi connectivity index (χ1) is 7.90. The maximum Gasteiger partial charge on any atom is 0.241 e. The normalized spacial score (nSPS) is 23.7. The third kappa shape index (κ3) is 3.05. The van der Waals surface area contributed by atoms with Crippen LogP contribution in [0.4, 0.5) is 4.39 Å². The van der Waals surface area contributed by atoms with Crippen molar-refractivity contribution in [2.24, 2.45) is 11.8 Å². The Morgan fingerprint density at radius 1 is 1.53 bits per heavy atom. The van der Waals surface area contributed by atoms with Crippen molar-refractivity contribution >= 4 is 26.0 Å². The maximum absolute atomic E-state index is 12.9. The van der Waals surface area contributed by atoms with Gasteiger partial charge in [0.25, 0.3) is 0 Å². The Morgan fingerprint density at radius 2 is 2.18 bits per heavy atom. The van der Waals surface area contributed by atoms with Crippen molar-refractivity contribution in [1.29, 1.82) is 0 Å². The van der Waals surface area contributed by atoms with Gasteiger partial charge >= 0.3 is 0 Å². The summed E-state index contributed by atoms with van der Waals surface area (Å²) in [6.45, 7) is 2.54. The number of hydrogen-bond donors (Lipinski definition) is 1. The minimum atomic E-state index is -3.55. The Bertz CT molecular complexity index is 532. The van der Waals surface area contributed by atoms with E-state index in [2.05, 4.69) is 27.6 Å². The molecule has 0 saturated heterocycles. The fraction of sp³-hybridized carbons (Fsp3) is 0.455. The molecule has 1 aliphatic rings. The molecule has 3 nitrogen and oxygen atoms in total. The van der Waals surface area contributed by atoms with Crippen molar-refractivity contribution < 1.29 is 12.8 Å². The highest BCUT2D eigenvalue weighted by atomic mass is 79.9. The first-order valence-electron chi connectivity index (χ1n) is 5.35. The van der Waals surface area contributed by atoms with Crippen molar-refractivity contribution in [3.8, 4) is 0 Å². The van der Waals surface area contributed by atoms with Crippen LogP contribution in [0.25, 0.3) is 0 Å². The molecule has 0 bridgehead atoms. The third-order valence-electron chi connectivity index (χ3n) is 3.00. The summed E-state index contributed by atoms with van der Waals surface area (Å²) in [5.74, 6) is 0.560. The van der Waals surface area contributed by atoms with E-state index in [0.29, 0.717) is 18.4 Å². The Balaban J connectivity index is 2.13. The molecule has 1 aliphatic carbocycles. The first kappa shape index (κ1) is 13.0. The second-order valence-electron chi connectivity index (χ2n) is 4.40. The molecule has 0 amide bonds. The number of halogens is 2. The quantitative estimate of drug-likeness (QED) is 0.926. The zero-order valence-corrected chi connectivity index (χ0v) is 11.7. The molecule has 94 valence electrons. The molecule has 1 N–H and O–H groups in total. The van der Waals surface area contributed by atoms with Crippen molar-refractivity contribution in [2.45, 2.75) is 18.2 Å². The Kier molecular flexibility index (Phi) is 3.56. The highest BCUT2D eigenvalue weighted by Crippen LogP contribution is 2.37. The zero-order valence-electron chi connectivity index (χ0n) is 9.28. The van der Waals surface area contributed by atoms with Gasteiger partial charge in [-0.15, -0.1) is 0 Å². The maximum atomic E-state index is 12.9. The van der Waals surface area contributed by atoms with Crippen LogP contribution in [0.3, 0.4) is 0 Å². The van der Waals surface area contributed by atoms with Gasteiger partial charge < -0.3 is 0 Å². The van der Waals surface area contributed by atoms with Crippen LogP contribution in [-0.2, 0) is 10.0 Å². The van der Waals surface area contributed by atoms with Crippen LogP contribution in [0.2, 0.25) is 0 Å². The highest BCUT2D eigenvalue weighted by Gasteiger charge is 2.33. The van der Waals surface area contributed by atoms with Crippen LogP contribution in [-0.4, -0.2) is 15.0 Å². The molecule has 6 heteroatoms. The van der Waals surface area contributed by atoms with Crippen LogP contribution in [0, 0.1) is 17.7 Å². The van der Waals surface area contributed by atoms with Gasteiger partial charge in [0.2, 0.25) is 10.0 Å².